The molecule has 2 N–H and O–H groups in total. The second-order valence-corrected chi connectivity index (χ2v) is 19.0. The number of ether oxygens (including phenoxy) is 1. The van der Waals surface area contributed by atoms with Gasteiger partial charge in [-0.2, -0.15) is 0 Å². The summed E-state index contributed by atoms with van der Waals surface area (Å²) in [6, 6.07) is -0.563. The van der Waals surface area contributed by atoms with Crippen molar-refractivity contribution in [2.24, 2.45) is 0 Å². The monoisotopic (exact) mass is 392 g/mol. The average molecular weight is 393 g/mol. The van der Waals surface area contributed by atoms with Gasteiger partial charge in [-0.1, -0.05) is 39.3 Å². The van der Waals surface area contributed by atoms with Gasteiger partial charge in [-0.15, -0.1) is 0 Å². The number of rotatable bonds is 4. The van der Waals surface area contributed by atoms with Crippen molar-refractivity contribution < 1.29 is 28.9 Å². The molecule has 0 radical (unpaired) electrons. The van der Waals surface area contributed by atoms with E-state index in [-0.39, 0.29) is 19.6 Å². The molecule has 0 aliphatic carbocycles. The Morgan fingerprint density at radius 2 is 1.80 bits per heavy atom. The van der Waals surface area contributed by atoms with Crippen molar-refractivity contribution in [3.63, 3.8) is 0 Å². The maximum absolute atomic E-state index is 15.9. The minimum atomic E-state index is -2.63. The fourth-order valence-electron chi connectivity index (χ4n) is 3.21. The first-order valence-electron chi connectivity index (χ1n) is 8.52. The van der Waals surface area contributed by atoms with Crippen LogP contribution < -0.4 is 0 Å². The first kappa shape index (κ1) is 20.5. The van der Waals surface area contributed by atoms with Crippen molar-refractivity contribution in [3.05, 3.63) is 0 Å². The van der Waals surface area contributed by atoms with Gasteiger partial charge in [0, 0.05) is 6.42 Å². The molecule has 1 unspecified atom stereocenters. The van der Waals surface area contributed by atoms with Gasteiger partial charge < -0.3 is 14.9 Å². The number of carbonyl (C=O) groups excluding carboxylic acids is 2. The summed E-state index contributed by atoms with van der Waals surface area (Å²) in [6.07, 6.45) is -2.50. The number of nitrogens with zero attached hydrogens (tertiary/aromatic N) is 2. The molecule has 144 valence electrons. The van der Waals surface area contributed by atoms with Crippen LogP contribution in [-0.4, -0.2) is 84.8 Å². The molecule has 2 aliphatic rings. The number of imide groups is 1. The van der Waals surface area contributed by atoms with E-state index in [9.17, 15) is 19.8 Å². The normalized spacial score (nSPS) is 34.8. The SMILES string of the molecule is C[Si](C)(C)N1C(=O)N([C@H]2C[C@H](O)[C@@H](CO)O2)CC(F)([Si](C)(C)C)C1=O. The Morgan fingerprint density at radius 3 is 2.20 bits per heavy atom. The van der Waals surface area contributed by atoms with E-state index >= 15 is 4.39 Å². The van der Waals surface area contributed by atoms with Crippen molar-refractivity contribution in [3.8, 4) is 0 Å². The predicted octanol–water partition coefficient (Wildman–Crippen LogP) is 1.14. The van der Waals surface area contributed by atoms with Crippen LogP contribution >= 0.6 is 0 Å². The smallest absolute Gasteiger partial charge is 0.320 e. The van der Waals surface area contributed by atoms with Crippen molar-refractivity contribution in [2.45, 2.75) is 69.4 Å². The Kier molecular flexibility index (Phi) is 5.26. The van der Waals surface area contributed by atoms with E-state index in [1.54, 1.807) is 19.6 Å². The van der Waals surface area contributed by atoms with Gasteiger partial charge >= 0.3 is 6.03 Å². The maximum Gasteiger partial charge on any atom is 0.320 e. The van der Waals surface area contributed by atoms with Crippen LogP contribution in [-0.2, 0) is 9.53 Å². The zero-order valence-electron chi connectivity index (χ0n) is 15.7. The van der Waals surface area contributed by atoms with Gasteiger partial charge in [-0.3, -0.25) is 14.3 Å². The van der Waals surface area contributed by atoms with Gasteiger partial charge in [0.15, 0.2) is 13.5 Å². The molecule has 0 bridgehead atoms. The highest BCUT2D eigenvalue weighted by atomic mass is 28.3. The molecular weight excluding hydrogens is 363 g/mol. The van der Waals surface area contributed by atoms with E-state index in [4.69, 9.17) is 4.74 Å². The largest absolute Gasteiger partial charge is 0.394 e. The molecule has 2 fully saturated rings. The van der Waals surface area contributed by atoms with E-state index in [1.807, 2.05) is 19.6 Å². The van der Waals surface area contributed by atoms with Crippen LogP contribution in [0.4, 0.5) is 9.18 Å². The summed E-state index contributed by atoms with van der Waals surface area (Å²) < 4.78 is 22.6. The number of urea groups is 1. The highest BCUT2D eigenvalue weighted by Crippen LogP contribution is 2.38. The number of alkyl halides is 1. The molecular formula is C15H29FN2O5Si2. The van der Waals surface area contributed by atoms with Crippen molar-refractivity contribution in [2.75, 3.05) is 13.2 Å². The average Bonchev–Trinajstić information content (AvgIpc) is 2.81. The standard InChI is InChI=1S/C15H29FN2O5Si2/c1-24(2,3)15(16)9-17(12-7-10(20)11(8-19)23-12)14(22)18(13(15)21)25(4,5)6/h10-12,19-20H,7-9H2,1-6H3/t10-,11+,12+,15?/m0/s1. The molecule has 2 aliphatic heterocycles. The molecule has 2 heterocycles. The number of hydrogen-bond donors (Lipinski definition) is 2. The van der Waals surface area contributed by atoms with Gasteiger partial charge in [-0.25, -0.2) is 9.18 Å². The molecule has 25 heavy (non-hydrogen) atoms. The van der Waals surface area contributed by atoms with Crippen LogP contribution in [0.15, 0.2) is 0 Å². The Labute approximate surface area is 149 Å². The Balaban J connectivity index is 2.44. The Hall–Kier alpha value is -0.816. The molecule has 3 amide bonds. The third kappa shape index (κ3) is 3.42. The lowest BCUT2D eigenvalue weighted by molar-refractivity contribution is -0.141. The fourth-order valence-corrected chi connectivity index (χ4v) is 6.21. The van der Waals surface area contributed by atoms with Crippen LogP contribution in [0.3, 0.4) is 0 Å². The number of aliphatic hydroxyl groups is 2. The molecule has 0 aromatic carbocycles. The third-order valence-electron chi connectivity index (χ3n) is 4.96. The summed E-state index contributed by atoms with van der Waals surface area (Å²) in [7, 11) is -5.10. The molecule has 0 aromatic rings. The van der Waals surface area contributed by atoms with Crippen LogP contribution in [0, 0.1) is 0 Å². The van der Waals surface area contributed by atoms with Gasteiger partial charge in [0.2, 0.25) is 0 Å². The van der Waals surface area contributed by atoms with E-state index in [0.717, 1.165) is 4.57 Å². The van der Waals surface area contributed by atoms with Crippen molar-refractivity contribution >= 4 is 28.2 Å². The fraction of sp³-hybridized carbons (Fsp3) is 0.867. The van der Waals surface area contributed by atoms with E-state index in [1.165, 1.54) is 4.90 Å². The quantitative estimate of drug-likeness (QED) is 0.700. The Bertz CT molecular complexity index is 565. The lowest BCUT2D eigenvalue weighted by atomic mass is 10.1. The van der Waals surface area contributed by atoms with Gasteiger partial charge in [-0.05, 0) is 0 Å². The molecule has 0 spiro atoms. The van der Waals surface area contributed by atoms with Crippen LogP contribution in [0.1, 0.15) is 6.42 Å². The summed E-state index contributed by atoms with van der Waals surface area (Å²) in [5.41, 5.74) is 0. The second kappa shape index (κ2) is 6.41. The van der Waals surface area contributed by atoms with E-state index in [2.05, 4.69) is 0 Å². The summed E-state index contributed by atoms with van der Waals surface area (Å²) in [5.74, 6) is -0.732. The van der Waals surface area contributed by atoms with Gasteiger partial charge in [0.25, 0.3) is 5.91 Å². The van der Waals surface area contributed by atoms with Crippen LogP contribution in [0.2, 0.25) is 39.3 Å². The lowest BCUT2D eigenvalue weighted by Crippen LogP contribution is -2.76. The zero-order valence-corrected chi connectivity index (χ0v) is 17.7. The molecule has 4 atom stereocenters. The molecule has 0 aromatic heterocycles. The molecule has 0 saturated carbocycles. The Morgan fingerprint density at radius 1 is 1.24 bits per heavy atom. The summed E-state index contributed by atoms with van der Waals surface area (Å²) >= 11 is 0. The van der Waals surface area contributed by atoms with Gasteiger partial charge in [0.05, 0.1) is 19.3 Å². The van der Waals surface area contributed by atoms with E-state index in [0.29, 0.717) is 0 Å². The predicted molar refractivity (Wildman–Crippen MR) is 95.8 cm³/mol. The number of halogens is 1. The summed E-state index contributed by atoms with van der Waals surface area (Å²) in [5, 5.41) is 17.1. The van der Waals surface area contributed by atoms with Crippen molar-refractivity contribution in [1.82, 2.24) is 9.47 Å². The third-order valence-corrected chi connectivity index (χ3v) is 9.44. The molecule has 10 heteroatoms. The first-order valence-corrected chi connectivity index (χ1v) is 15.5. The minimum Gasteiger partial charge on any atom is -0.394 e. The molecule has 2 saturated heterocycles. The molecule has 7 nitrogen and oxygen atoms in total. The summed E-state index contributed by atoms with van der Waals surface area (Å²) in [4.78, 5) is 27.1. The highest BCUT2D eigenvalue weighted by molar-refractivity contribution is 6.85. The van der Waals surface area contributed by atoms with Crippen LogP contribution in [0.25, 0.3) is 0 Å². The number of hydrogen-bond acceptors (Lipinski definition) is 5. The summed E-state index contributed by atoms with van der Waals surface area (Å²) in [6.45, 7) is 10.0. The lowest BCUT2D eigenvalue weighted by Gasteiger charge is -2.51. The minimum absolute atomic E-state index is 0.0898. The van der Waals surface area contributed by atoms with E-state index < -0.39 is 52.0 Å². The van der Waals surface area contributed by atoms with Crippen molar-refractivity contribution in [1.29, 1.82) is 0 Å². The number of carbonyl (C=O) groups is 2. The van der Waals surface area contributed by atoms with Gasteiger partial charge in [0.1, 0.15) is 20.4 Å². The number of aliphatic hydroxyl groups excluding tert-OH is 2. The zero-order chi connectivity index (χ0) is 19.4. The first-order chi connectivity index (χ1) is 11.2. The number of amides is 3. The molecule has 2 rings (SSSR count). The highest BCUT2D eigenvalue weighted by Gasteiger charge is 2.62. The second-order valence-electron chi connectivity index (χ2n) is 8.89. The maximum atomic E-state index is 15.9. The topological polar surface area (TPSA) is 90.3 Å². The van der Waals surface area contributed by atoms with Crippen LogP contribution in [0.5, 0.6) is 0 Å².